The molecule has 9 nitrogen and oxygen atoms in total. The van der Waals surface area contributed by atoms with Gasteiger partial charge >= 0.3 is 5.97 Å². The first-order valence-electron chi connectivity index (χ1n) is 9.16. The first-order chi connectivity index (χ1) is 13.9. The van der Waals surface area contributed by atoms with Gasteiger partial charge in [0.25, 0.3) is 11.8 Å². The Balaban J connectivity index is 1.42. The minimum absolute atomic E-state index is 0.0752. The summed E-state index contributed by atoms with van der Waals surface area (Å²) in [4.78, 5) is 51.2. The van der Waals surface area contributed by atoms with Crippen LogP contribution in [0.15, 0.2) is 36.7 Å². The molecule has 29 heavy (non-hydrogen) atoms. The Hall–Kier alpha value is -3.75. The molecule has 0 unspecified atom stereocenters. The van der Waals surface area contributed by atoms with Crippen LogP contribution in [0.25, 0.3) is 11.0 Å². The maximum absolute atomic E-state index is 12.8. The Labute approximate surface area is 166 Å². The third-order valence-electron chi connectivity index (χ3n) is 5.06. The largest absolute Gasteiger partial charge is 0.478 e. The fourth-order valence-corrected chi connectivity index (χ4v) is 3.43. The zero-order valence-electron chi connectivity index (χ0n) is 15.8. The summed E-state index contributed by atoms with van der Waals surface area (Å²) in [6, 6.07) is 8.14. The SMILES string of the molecule is Cc1nc(C(=O)N2CCN(C(=O)c3ccc4nc[nH]c4c3)CC2)ccc1C(=O)O. The molecule has 4 rings (SSSR count). The molecule has 1 aliphatic rings. The van der Waals surface area contributed by atoms with Gasteiger partial charge in [0.15, 0.2) is 0 Å². The van der Waals surface area contributed by atoms with Crippen LogP contribution in [0.1, 0.15) is 36.9 Å². The van der Waals surface area contributed by atoms with Crippen molar-refractivity contribution in [3.05, 3.63) is 59.2 Å². The van der Waals surface area contributed by atoms with Crippen LogP contribution in [0.5, 0.6) is 0 Å². The lowest BCUT2D eigenvalue weighted by Gasteiger charge is -2.34. The lowest BCUT2D eigenvalue weighted by atomic mass is 10.1. The van der Waals surface area contributed by atoms with Crippen LogP contribution >= 0.6 is 0 Å². The number of aryl methyl sites for hydroxylation is 1. The molecule has 1 fully saturated rings. The second kappa shape index (κ2) is 7.34. The Morgan fingerprint density at radius 1 is 1.00 bits per heavy atom. The lowest BCUT2D eigenvalue weighted by molar-refractivity contribution is 0.0532. The van der Waals surface area contributed by atoms with E-state index in [4.69, 9.17) is 5.11 Å². The molecule has 0 saturated carbocycles. The van der Waals surface area contributed by atoms with Crippen molar-refractivity contribution in [1.82, 2.24) is 24.8 Å². The van der Waals surface area contributed by atoms with Crippen molar-refractivity contribution in [2.45, 2.75) is 6.92 Å². The predicted molar refractivity (Wildman–Crippen MR) is 104 cm³/mol. The van der Waals surface area contributed by atoms with Crippen molar-refractivity contribution in [1.29, 1.82) is 0 Å². The number of carboxylic acids is 1. The average molecular weight is 393 g/mol. The molecule has 0 spiro atoms. The number of hydrogen-bond acceptors (Lipinski definition) is 5. The van der Waals surface area contributed by atoms with E-state index in [-0.39, 0.29) is 23.1 Å². The number of carbonyl (C=O) groups is 3. The van der Waals surface area contributed by atoms with E-state index in [1.165, 1.54) is 12.1 Å². The molecule has 1 aromatic carbocycles. The van der Waals surface area contributed by atoms with Crippen LogP contribution in [0, 0.1) is 6.92 Å². The van der Waals surface area contributed by atoms with Crippen molar-refractivity contribution in [2.75, 3.05) is 26.2 Å². The topological polar surface area (TPSA) is 119 Å². The van der Waals surface area contributed by atoms with Crippen molar-refractivity contribution in [3.63, 3.8) is 0 Å². The van der Waals surface area contributed by atoms with Gasteiger partial charge in [-0.2, -0.15) is 0 Å². The highest BCUT2D eigenvalue weighted by Gasteiger charge is 2.26. The smallest absolute Gasteiger partial charge is 0.337 e. The van der Waals surface area contributed by atoms with Crippen LogP contribution in [0.2, 0.25) is 0 Å². The van der Waals surface area contributed by atoms with Gasteiger partial charge in [0, 0.05) is 31.7 Å². The first-order valence-corrected chi connectivity index (χ1v) is 9.16. The number of pyridine rings is 1. The number of carboxylic acid groups (broad SMARTS) is 1. The highest BCUT2D eigenvalue weighted by Crippen LogP contribution is 2.16. The molecule has 3 heterocycles. The molecule has 9 heteroatoms. The number of nitrogens with zero attached hydrogens (tertiary/aromatic N) is 4. The summed E-state index contributed by atoms with van der Waals surface area (Å²) in [7, 11) is 0. The number of benzene rings is 1. The number of H-pyrrole nitrogens is 1. The summed E-state index contributed by atoms with van der Waals surface area (Å²) >= 11 is 0. The fourth-order valence-electron chi connectivity index (χ4n) is 3.43. The number of piperazine rings is 1. The molecule has 1 saturated heterocycles. The van der Waals surface area contributed by atoms with Gasteiger partial charge in [0.05, 0.1) is 28.6 Å². The molecular formula is C20H19N5O4. The number of aromatic carboxylic acids is 1. The van der Waals surface area contributed by atoms with Crippen LogP contribution in [0.4, 0.5) is 0 Å². The normalized spacial score (nSPS) is 14.2. The van der Waals surface area contributed by atoms with Gasteiger partial charge < -0.3 is 19.9 Å². The quantitative estimate of drug-likeness (QED) is 0.697. The summed E-state index contributed by atoms with van der Waals surface area (Å²) in [6.45, 7) is 3.17. The van der Waals surface area contributed by atoms with E-state index in [0.717, 1.165) is 11.0 Å². The molecule has 148 valence electrons. The molecular weight excluding hydrogens is 374 g/mol. The van der Waals surface area contributed by atoms with Crippen LogP contribution < -0.4 is 0 Å². The number of carbonyl (C=O) groups excluding carboxylic acids is 2. The Bertz CT molecular complexity index is 1120. The van der Waals surface area contributed by atoms with Crippen molar-refractivity contribution in [2.24, 2.45) is 0 Å². The number of rotatable bonds is 3. The number of aromatic nitrogens is 3. The van der Waals surface area contributed by atoms with Crippen molar-refractivity contribution in [3.8, 4) is 0 Å². The Morgan fingerprint density at radius 3 is 2.34 bits per heavy atom. The standard InChI is InChI=1S/C20H19N5O4/c1-12-14(20(28)29)3-5-16(23-12)19(27)25-8-6-24(7-9-25)18(26)13-2-4-15-17(10-13)22-11-21-15/h2-5,10-11H,6-9H2,1H3,(H,21,22)(H,28,29). The molecule has 2 aromatic heterocycles. The van der Waals surface area contributed by atoms with Gasteiger partial charge in [0.2, 0.25) is 0 Å². The molecule has 2 N–H and O–H groups in total. The molecule has 0 bridgehead atoms. The highest BCUT2D eigenvalue weighted by atomic mass is 16.4. The van der Waals surface area contributed by atoms with Crippen LogP contribution in [-0.2, 0) is 0 Å². The molecule has 3 aromatic rings. The average Bonchev–Trinajstić information content (AvgIpc) is 3.20. The van der Waals surface area contributed by atoms with E-state index in [9.17, 15) is 14.4 Å². The monoisotopic (exact) mass is 393 g/mol. The van der Waals surface area contributed by atoms with E-state index in [2.05, 4.69) is 15.0 Å². The van der Waals surface area contributed by atoms with Gasteiger partial charge in [-0.25, -0.2) is 14.8 Å². The number of amides is 2. The third-order valence-corrected chi connectivity index (χ3v) is 5.06. The maximum Gasteiger partial charge on any atom is 0.337 e. The van der Waals surface area contributed by atoms with E-state index >= 15 is 0 Å². The number of imidazole rings is 1. The predicted octanol–water partition coefficient (Wildman–Crippen LogP) is 1.56. The molecule has 2 amide bonds. The Morgan fingerprint density at radius 2 is 1.69 bits per heavy atom. The summed E-state index contributed by atoms with van der Waals surface area (Å²) in [5.41, 5.74) is 2.75. The second-order valence-electron chi connectivity index (χ2n) is 6.85. The summed E-state index contributed by atoms with van der Waals surface area (Å²) in [5, 5.41) is 9.09. The highest BCUT2D eigenvalue weighted by molar-refractivity contribution is 5.98. The lowest BCUT2D eigenvalue weighted by Crippen LogP contribution is -2.50. The minimum atomic E-state index is -1.07. The van der Waals surface area contributed by atoms with E-state index in [0.29, 0.717) is 37.4 Å². The number of hydrogen-bond donors (Lipinski definition) is 2. The van der Waals surface area contributed by atoms with Gasteiger partial charge in [-0.3, -0.25) is 9.59 Å². The summed E-state index contributed by atoms with van der Waals surface area (Å²) < 4.78 is 0. The zero-order chi connectivity index (χ0) is 20.5. The van der Waals surface area contributed by atoms with Crippen molar-refractivity contribution < 1.29 is 19.5 Å². The summed E-state index contributed by atoms with van der Waals surface area (Å²) in [5.74, 6) is -1.43. The molecule has 0 atom stereocenters. The number of nitrogens with one attached hydrogen (secondary N) is 1. The van der Waals surface area contributed by atoms with Gasteiger partial charge in [0.1, 0.15) is 5.69 Å². The summed E-state index contributed by atoms with van der Waals surface area (Å²) in [6.07, 6.45) is 1.59. The van der Waals surface area contributed by atoms with Crippen LogP contribution in [-0.4, -0.2) is 73.8 Å². The van der Waals surface area contributed by atoms with Gasteiger partial charge in [-0.05, 0) is 37.3 Å². The van der Waals surface area contributed by atoms with Gasteiger partial charge in [-0.1, -0.05) is 0 Å². The third kappa shape index (κ3) is 3.54. The Kier molecular flexibility index (Phi) is 4.71. The number of aromatic amines is 1. The molecule has 0 aliphatic carbocycles. The van der Waals surface area contributed by atoms with E-state index in [1.807, 2.05) is 0 Å². The van der Waals surface area contributed by atoms with E-state index < -0.39 is 5.97 Å². The second-order valence-corrected chi connectivity index (χ2v) is 6.85. The maximum atomic E-state index is 12.8. The van der Waals surface area contributed by atoms with E-state index in [1.54, 1.807) is 41.2 Å². The number of fused-ring (bicyclic) bond motifs is 1. The van der Waals surface area contributed by atoms with Crippen molar-refractivity contribution >= 4 is 28.8 Å². The zero-order valence-corrected chi connectivity index (χ0v) is 15.8. The first kappa shape index (κ1) is 18.6. The van der Waals surface area contributed by atoms with Gasteiger partial charge in [-0.15, -0.1) is 0 Å². The van der Waals surface area contributed by atoms with Crippen LogP contribution in [0.3, 0.4) is 0 Å². The fraction of sp³-hybridized carbons (Fsp3) is 0.250. The molecule has 1 aliphatic heterocycles. The minimum Gasteiger partial charge on any atom is -0.478 e. The molecule has 0 radical (unpaired) electrons.